The standard InChI is InChI=1S/C21H25BrClN3O4S/c1-24-18(28)14-15-20(30)26(8-4-5-9-27)17(21(15)10-11(22)16(14)31-21)19(29)25-13-7-3-2-6-12(13)23/h2-3,6-7,11,14-17,27H,4-5,8-10H2,1H3,(H,24,28)(H,25,29)/t11?,14-,15+,16-,17?,21?/m1/s1. The summed E-state index contributed by atoms with van der Waals surface area (Å²) >= 11 is 11.5. The molecule has 10 heteroatoms. The lowest BCUT2D eigenvalue weighted by atomic mass is 9.70. The summed E-state index contributed by atoms with van der Waals surface area (Å²) in [5.74, 6) is -1.64. The molecule has 2 bridgehead atoms. The summed E-state index contributed by atoms with van der Waals surface area (Å²) in [7, 11) is 1.58. The van der Waals surface area contributed by atoms with Crippen molar-refractivity contribution in [2.45, 2.75) is 40.1 Å². The van der Waals surface area contributed by atoms with E-state index in [0.717, 1.165) is 0 Å². The van der Waals surface area contributed by atoms with Crippen LogP contribution in [0.5, 0.6) is 0 Å². The van der Waals surface area contributed by atoms with Crippen molar-refractivity contribution >= 4 is 62.7 Å². The van der Waals surface area contributed by atoms with Crippen LogP contribution in [-0.2, 0) is 14.4 Å². The van der Waals surface area contributed by atoms with Crippen LogP contribution < -0.4 is 10.6 Å². The summed E-state index contributed by atoms with van der Waals surface area (Å²) in [5.41, 5.74) is 0.493. The number of aliphatic hydroxyl groups excluding tert-OH is 1. The SMILES string of the molecule is CNC(=O)[C@H]1[C@@H]2SC3(CC2Br)C(C(=O)Nc2ccccc2Cl)N(CCCCO)C(=O)[C@H]13. The van der Waals surface area contributed by atoms with Gasteiger partial charge in [0.2, 0.25) is 17.7 Å². The van der Waals surface area contributed by atoms with Gasteiger partial charge in [-0.3, -0.25) is 14.4 Å². The molecule has 3 saturated heterocycles. The summed E-state index contributed by atoms with van der Waals surface area (Å²) in [4.78, 5) is 41.6. The number of carbonyl (C=O) groups is 3. The Morgan fingerprint density at radius 1 is 1.32 bits per heavy atom. The number of thioether (sulfide) groups is 1. The average Bonchev–Trinajstić information content (AvgIpc) is 3.33. The van der Waals surface area contributed by atoms with Gasteiger partial charge in [0, 0.05) is 30.3 Å². The molecule has 168 valence electrons. The van der Waals surface area contributed by atoms with Gasteiger partial charge in [-0.1, -0.05) is 39.7 Å². The minimum Gasteiger partial charge on any atom is -0.396 e. The van der Waals surface area contributed by atoms with E-state index < -0.39 is 22.6 Å². The minimum absolute atomic E-state index is 0.0221. The number of nitrogens with zero attached hydrogens (tertiary/aromatic N) is 1. The number of anilines is 1. The van der Waals surface area contributed by atoms with Gasteiger partial charge in [-0.15, -0.1) is 11.8 Å². The highest BCUT2D eigenvalue weighted by atomic mass is 79.9. The van der Waals surface area contributed by atoms with E-state index in [1.165, 1.54) is 0 Å². The number of halogens is 2. The zero-order valence-electron chi connectivity index (χ0n) is 17.0. The lowest BCUT2D eigenvalue weighted by Crippen LogP contribution is -2.53. The Balaban J connectivity index is 1.71. The number of unbranched alkanes of at least 4 members (excludes halogenated alkanes) is 1. The Morgan fingerprint density at radius 3 is 2.74 bits per heavy atom. The molecule has 3 unspecified atom stereocenters. The third-order valence-corrected chi connectivity index (χ3v) is 10.1. The molecule has 7 nitrogen and oxygen atoms in total. The molecule has 6 atom stereocenters. The van der Waals surface area contributed by atoms with E-state index in [-0.39, 0.29) is 34.4 Å². The van der Waals surface area contributed by atoms with Crippen molar-refractivity contribution in [2.24, 2.45) is 11.8 Å². The van der Waals surface area contributed by atoms with Gasteiger partial charge in [0.15, 0.2) is 0 Å². The first-order chi connectivity index (χ1) is 14.9. The van der Waals surface area contributed by atoms with Gasteiger partial charge in [0.05, 0.1) is 27.3 Å². The molecule has 31 heavy (non-hydrogen) atoms. The number of rotatable bonds is 7. The number of para-hydroxylation sites is 1. The molecule has 3 heterocycles. The average molecular weight is 531 g/mol. The summed E-state index contributed by atoms with van der Waals surface area (Å²) < 4.78 is -0.683. The van der Waals surface area contributed by atoms with Crippen molar-refractivity contribution in [3.63, 3.8) is 0 Å². The van der Waals surface area contributed by atoms with Gasteiger partial charge in [-0.25, -0.2) is 0 Å². The predicted octanol–water partition coefficient (Wildman–Crippen LogP) is 2.26. The molecular formula is C21H25BrClN3O4S. The van der Waals surface area contributed by atoms with E-state index in [2.05, 4.69) is 26.6 Å². The number of hydrogen-bond acceptors (Lipinski definition) is 5. The van der Waals surface area contributed by atoms with Crippen LogP contribution in [0.15, 0.2) is 24.3 Å². The van der Waals surface area contributed by atoms with Gasteiger partial charge in [-0.2, -0.15) is 0 Å². The van der Waals surface area contributed by atoms with Crippen LogP contribution in [-0.4, -0.2) is 68.8 Å². The minimum atomic E-state index is -0.718. The molecule has 3 amide bonds. The van der Waals surface area contributed by atoms with Crippen LogP contribution in [0.4, 0.5) is 5.69 Å². The largest absolute Gasteiger partial charge is 0.396 e. The van der Waals surface area contributed by atoms with Crippen molar-refractivity contribution in [3.05, 3.63) is 29.3 Å². The van der Waals surface area contributed by atoms with E-state index >= 15 is 0 Å². The molecule has 0 radical (unpaired) electrons. The summed E-state index contributed by atoms with van der Waals surface area (Å²) in [6, 6.07) is 6.27. The van der Waals surface area contributed by atoms with Gasteiger partial charge in [0.25, 0.3) is 0 Å². The highest BCUT2D eigenvalue weighted by Gasteiger charge is 2.75. The van der Waals surface area contributed by atoms with Crippen molar-refractivity contribution in [1.29, 1.82) is 0 Å². The first-order valence-corrected chi connectivity index (χ1v) is 12.5. The maximum absolute atomic E-state index is 13.6. The Bertz CT molecular complexity index is 905. The van der Waals surface area contributed by atoms with Crippen molar-refractivity contribution in [2.75, 3.05) is 25.5 Å². The summed E-state index contributed by atoms with van der Waals surface area (Å²) in [6.07, 6.45) is 1.75. The topological polar surface area (TPSA) is 98.7 Å². The first kappa shape index (κ1) is 22.9. The van der Waals surface area contributed by atoms with Crippen LogP contribution in [0.25, 0.3) is 0 Å². The number of hydrogen-bond donors (Lipinski definition) is 3. The Kier molecular flexibility index (Phi) is 6.59. The van der Waals surface area contributed by atoms with E-state index in [9.17, 15) is 19.5 Å². The number of benzene rings is 1. The molecule has 3 aliphatic heterocycles. The first-order valence-electron chi connectivity index (χ1n) is 10.4. The number of likely N-dealkylation sites (tertiary alicyclic amines) is 1. The molecule has 0 aliphatic carbocycles. The smallest absolute Gasteiger partial charge is 0.248 e. The molecule has 1 aromatic rings. The van der Waals surface area contributed by atoms with Crippen LogP contribution in [0.3, 0.4) is 0 Å². The van der Waals surface area contributed by atoms with E-state index in [4.69, 9.17) is 11.6 Å². The third kappa shape index (κ3) is 3.67. The van der Waals surface area contributed by atoms with E-state index in [1.807, 2.05) is 0 Å². The van der Waals surface area contributed by atoms with Gasteiger partial charge in [-0.05, 0) is 31.4 Å². The fourth-order valence-electron chi connectivity index (χ4n) is 5.29. The van der Waals surface area contributed by atoms with Crippen LogP contribution >= 0.6 is 39.3 Å². The quantitative estimate of drug-likeness (QED) is 0.371. The molecule has 3 aliphatic rings. The molecule has 3 fully saturated rings. The second kappa shape index (κ2) is 8.92. The van der Waals surface area contributed by atoms with Crippen LogP contribution in [0, 0.1) is 11.8 Å². The summed E-state index contributed by atoms with van der Waals surface area (Å²) in [6.45, 7) is 0.380. The second-order valence-electron chi connectivity index (χ2n) is 8.21. The predicted molar refractivity (Wildman–Crippen MR) is 124 cm³/mol. The normalized spacial score (nSPS) is 33.5. The zero-order valence-corrected chi connectivity index (χ0v) is 20.2. The number of aliphatic hydroxyl groups is 1. The number of nitrogens with one attached hydrogen (secondary N) is 2. The number of carbonyl (C=O) groups excluding carboxylic acids is 3. The van der Waals surface area contributed by atoms with Gasteiger partial charge in [0.1, 0.15) is 6.04 Å². The van der Waals surface area contributed by atoms with E-state index in [0.29, 0.717) is 36.5 Å². The maximum Gasteiger partial charge on any atom is 0.248 e. The van der Waals surface area contributed by atoms with Gasteiger partial charge >= 0.3 is 0 Å². The molecule has 1 spiro atoms. The monoisotopic (exact) mass is 529 g/mol. The number of fused-ring (bicyclic) bond motifs is 1. The Hall–Kier alpha value is -1.29. The fourth-order valence-corrected chi connectivity index (χ4v) is 9.09. The highest BCUT2D eigenvalue weighted by molar-refractivity contribution is 9.09. The maximum atomic E-state index is 13.6. The second-order valence-corrected chi connectivity index (χ2v) is 11.3. The lowest BCUT2D eigenvalue weighted by molar-refractivity contribution is -0.139. The van der Waals surface area contributed by atoms with E-state index in [1.54, 1.807) is 48.0 Å². The zero-order chi connectivity index (χ0) is 22.3. The molecule has 4 rings (SSSR count). The van der Waals surface area contributed by atoms with Crippen LogP contribution in [0.2, 0.25) is 5.02 Å². The molecule has 0 saturated carbocycles. The molecule has 3 N–H and O–H groups in total. The number of alkyl halides is 1. The highest BCUT2D eigenvalue weighted by Crippen LogP contribution is 2.67. The third-order valence-electron chi connectivity index (χ3n) is 6.53. The Morgan fingerprint density at radius 2 is 2.06 bits per heavy atom. The molecule has 0 aromatic heterocycles. The van der Waals surface area contributed by atoms with Crippen LogP contribution in [0.1, 0.15) is 19.3 Å². The van der Waals surface area contributed by atoms with Crippen molar-refractivity contribution in [3.8, 4) is 0 Å². The lowest BCUT2D eigenvalue weighted by Gasteiger charge is -2.35. The molecular weight excluding hydrogens is 506 g/mol. The van der Waals surface area contributed by atoms with Gasteiger partial charge < -0.3 is 20.6 Å². The number of amides is 3. The summed E-state index contributed by atoms with van der Waals surface area (Å²) in [5, 5.41) is 15.2. The Labute approximate surface area is 198 Å². The fraction of sp³-hybridized carbons (Fsp3) is 0.571. The van der Waals surface area contributed by atoms with Crippen molar-refractivity contribution < 1.29 is 19.5 Å². The van der Waals surface area contributed by atoms with Crippen molar-refractivity contribution in [1.82, 2.24) is 10.2 Å². The molecule has 1 aromatic carbocycles.